The van der Waals surface area contributed by atoms with E-state index in [1.165, 1.54) is 53.7 Å². The van der Waals surface area contributed by atoms with Crippen molar-refractivity contribution in [1.82, 2.24) is 9.97 Å². The Morgan fingerprint density at radius 2 is 1.20 bits per heavy atom. The molecule has 2 heterocycles. The summed E-state index contributed by atoms with van der Waals surface area (Å²) < 4.78 is 0. The van der Waals surface area contributed by atoms with Gasteiger partial charge < -0.3 is 4.90 Å². The van der Waals surface area contributed by atoms with Gasteiger partial charge in [-0.25, -0.2) is 9.97 Å². The van der Waals surface area contributed by atoms with Crippen molar-refractivity contribution in [2.24, 2.45) is 0 Å². The second kappa shape index (κ2) is 10.0. The molecule has 1 fully saturated rings. The normalized spacial score (nSPS) is 17.8. The Kier molecular flexibility index (Phi) is 5.88. The van der Waals surface area contributed by atoms with Crippen LogP contribution < -0.4 is 4.90 Å². The summed E-state index contributed by atoms with van der Waals surface area (Å²) in [4.78, 5) is 12.5. The lowest BCUT2D eigenvalue weighted by molar-refractivity contribution is 0.402. The molecule has 1 aliphatic carbocycles. The van der Waals surface area contributed by atoms with Crippen LogP contribution in [0.2, 0.25) is 0 Å². The second-order valence-corrected chi connectivity index (χ2v) is 11.3. The lowest BCUT2D eigenvalue weighted by atomic mass is 9.82. The lowest BCUT2D eigenvalue weighted by Crippen LogP contribution is -2.32. The first-order valence-corrected chi connectivity index (χ1v) is 14.7. The molecule has 2 aliphatic rings. The SMILES string of the molecule is c1ccc(-c2nc(-c3ccc(-c4ccc(N5c6ccccc6C6CCCCC65)cc4)cc3)c3ccccc3n2)cc1. The highest BCUT2D eigenvalue weighted by atomic mass is 15.2. The molecule has 0 bridgehead atoms. The Hall–Kier alpha value is -4.76. The molecule has 3 nitrogen and oxygen atoms in total. The van der Waals surface area contributed by atoms with Gasteiger partial charge in [-0.2, -0.15) is 0 Å². The minimum atomic E-state index is 0.578. The number of hydrogen-bond acceptors (Lipinski definition) is 3. The van der Waals surface area contributed by atoms with Crippen LogP contribution in [0.15, 0.2) is 127 Å². The van der Waals surface area contributed by atoms with Gasteiger partial charge in [0.25, 0.3) is 0 Å². The van der Waals surface area contributed by atoms with Crippen molar-refractivity contribution in [1.29, 1.82) is 0 Å². The van der Waals surface area contributed by atoms with E-state index in [-0.39, 0.29) is 0 Å². The van der Waals surface area contributed by atoms with Crippen molar-refractivity contribution in [3.8, 4) is 33.8 Å². The van der Waals surface area contributed by atoms with Crippen molar-refractivity contribution in [2.45, 2.75) is 37.6 Å². The zero-order chi connectivity index (χ0) is 27.2. The van der Waals surface area contributed by atoms with Gasteiger partial charge in [0.2, 0.25) is 0 Å². The predicted octanol–water partition coefficient (Wildman–Crippen LogP) is 9.81. The van der Waals surface area contributed by atoms with E-state index >= 15 is 0 Å². The third-order valence-electron chi connectivity index (χ3n) is 8.93. The molecule has 8 rings (SSSR count). The lowest BCUT2D eigenvalue weighted by Gasteiger charge is -2.33. The molecule has 1 saturated carbocycles. The average Bonchev–Trinajstić information content (AvgIpc) is 3.39. The maximum absolute atomic E-state index is 5.03. The van der Waals surface area contributed by atoms with Crippen molar-refractivity contribution in [3.63, 3.8) is 0 Å². The van der Waals surface area contributed by atoms with Gasteiger partial charge in [0.15, 0.2) is 5.82 Å². The molecular formula is C38H31N3. The smallest absolute Gasteiger partial charge is 0.160 e. The van der Waals surface area contributed by atoms with Gasteiger partial charge >= 0.3 is 0 Å². The monoisotopic (exact) mass is 529 g/mol. The fraction of sp³-hybridized carbons (Fsp3) is 0.158. The number of benzene rings is 5. The Balaban J connectivity index is 1.12. The van der Waals surface area contributed by atoms with E-state index in [2.05, 4.69) is 108 Å². The largest absolute Gasteiger partial charge is 0.338 e. The van der Waals surface area contributed by atoms with Crippen LogP contribution in [0.3, 0.4) is 0 Å². The zero-order valence-corrected chi connectivity index (χ0v) is 22.9. The Morgan fingerprint density at radius 1 is 0.537 bits per heavy atom. The molecule has 2 unspecified atom stereocenters. The van der Waals surface area contributed by atoms with Crippen LogP contribution in [0, 0.1) is 0 Å². The summed E-state index contributed by atoms with van der Waals surface area (Å²) in [5.41, 5.74) is 10.7. The summed E-state index contributed by atoms with van der Waals surface area (Å²) in [7, 11) is 0. The van der Waals surface area contributed by atoms with Gasteiger partial charge in [0.1, 0.15) is 0 Å². The first-order chi connectivity index (χ1) is 20.3. The summed E-state index contributed by atoms with van der Waals surface area (Å²) in [6.45, 7) is 0. The van der Waals surface area contributed by atoms with Crippen molar-refractivity contribution in [2.75, 3.05) is 4.90 Å². The van der Waals surface area contributed by atoms with E-state index in [0.29, 0.717) is 12.0 Å². The van der Waals surface area contributed by atoms with Crippen molar-refractivity contribution < 1.29 is 0 Å². The summed E-state index contributed by atoms with van der Waals surface area (Å²) in [5.74, 6) is 1.41. The highest BCUT2D eigenvalue weighted by Crippen LogP contribution is 2.50. The van der Waals surface area contributed by atoms with Gasteiger partial charge in [-0.1, -0.05) is 116 Å². The molecule has 2 atom stereocenters. The van der Waals surface area contributed by atoms with E-state index in [0.717, 1.165) is 33.5 Å². The van der Waals surface area contributed by atoms with Gasteiger partial charge in [0.05, 0.1) is 11.2 Å². The molecule has 3 heteroatoms. The quantitative estimate of drug-likeness (QED) is 0.228. The third-order valence-corrected chi connectivity index (χ3v) is 8.93. The topological polar surface area (TPSA) is 29.0 Å². The number of rotatable bonds is 4. The number of aromatic nitrogens is 2. The fourth-order valence-electron chi connectivity index (χ4n) is 6.96. The first kappa shape index (κ1) is 24.1. The number of para-hydroxylation sites is 2. The highest BCUT2D eigenvalue weighted by Gasteiger charge is 2.40. The minimum absolute atomic E-state index is 0.578. The zero-order valence-electron chi connectivity index (χ0n) is 22.9. The van der Waals surface area contributed by atoms with Crippen LogP contribution in [0.1, 0.15) is 37.2 Å². The molecule has 198 valence electrons. The molecule has 41 heavy (non-hydrogen) atoms. The molecular weight excluding hydrogens is 498 g/mol. The van der Waals surface area contributed by atoms with E-state index in [9.17, 15) is 0 Å². The minimum Gasteiger partial charge on any atom is -0.338 e. The summed E-state index contributed by atoms with van der Waals surface area (Å²) >= 11 is 0. The molecule has 0 saturated heterocycles. The Morgan fingerprint density at radius 3 is 2.02 bits per heavy atom. The van der Waals surface area contributed by atoms with E-state index in [4.69, 9.17) is 9.97 Å². The summed E-state index contributed by atoms with van der Waals surface area (Å²) in [5, 5.41) is 1.07. The molecule has 1 aliphatic heterocycles. The van der Waals surface area contributed by atoms with Crippen LogP contribution in [0.4, 0.5) is 11.4 Å². The van der Waals surface area contributed by atoms with Crippen molar-refractivity contribution in [3.05, 3.63) is 133 Å². The highest BCUT2D eigenvalue weighted by molar-refractivity contribution is 5.94. The van der Waals surface area contributed by atoms with Crippen LogP contribution in [-0.2, 0) is 0 Å². The number of hydrogen-bond donors (Lipinski definition) is 0. The molecule has 0 spiro atoms. The van der Waals surface area contributed by atoms with Crippen LogP contribution in [0.25, 0.3) is 44.7 Å². The van der Waals surface area contributed by atoms with Gasteiger partial charge in [-0.3, -0.25) is 0 Å². The van der Waals surface area contributed by atoms with Crippen LogP contribution in [0.5, 0.6) is 0 Å². The van der Waals surface area contributed by atoms with Gasteiger partial charge in [-0.15, -0.1) is 0 Å². The molecule has 5 aromatic carbocycles. The Labute approximate surface area is 241 Å². The van der Waals surface area contributed by atoms with Gasteiger partial charge in [-0.05, 0) is 53.8 Å². The maximum Gasteiger partial charge on any atom is 0.160 e. The van der Waals surface area contributed by atoms with Crippen molar-refractivity contribution >= 4 is 22.3 Å². The fourth-order valence-corrected chi connectivity index (χ4v) is 6.96. The molecule has 6 aromatic rings. The molecule has 1 aromatic heterocycles. The molecule has 0 N–H and O–H groups in total. The van der Waals surface area contributed by atoms with Crippen LogP contribution in [-0.4, -0.2) is 16.0 Å². The van der Waals surface area contributed by atoms with Gasteiger partial charge in [0, 0.05) is 39.8 Å². The number of fused-ring (bicyclic) bond motifs is 4. The molecule has 0 amide bonds. The second-order valence-electron chi connectivity index (χ2n) is 11.3. The van der Waals surface area contributed by atoms with E-state index < -0.39 is 0 Å². The van der Waals surface area contributed by atoms with Crippen LogP contribution >= 0.6 is 0 Å². The van der Waals surface area contributed by atoms with E-state index in [1.807, 2.05) is 24.3 Å². The number of anilines is 2. The summed E-state index contributed by atoms with van der Waals surface area (Å²) in [6, 6.07) is 46.1. The summed E-state index contributed by atoms with van der Waals surface area (Å²) in [6.07, 6.45) is 5.24. The standard InChI is InChI=1S/C38H31N3/c1-2-10-29(11-3-1)38-39-34-15-7-4-14-33(34)37(40-38)28-20-18-26(19-21-28)27-22-24-30(25-23-27)41-35-16-8-5-12-31(35)32-13-6-9-17-36(32)41/h1-5,7-8,10-12,14-16,18-25,32,36H,6,9,13,17H2. The maximum atomic E-state index is 5.03. The predicted molar refractivity (Wildman–Crippen MR) is 169 cm³/mol. The average molecular weight is 530 g/mol. The Bertz CT molecular complexity index is 1840. The van der Waals surface area contributed by atoms with E-state index in [1.54, 1.807) is 0 Å². The first-order valence-electron chi connectivity index (χ1n) is 14.7. The third kappa shape index (κ3) is 4.20. The number of nitrogens with zero attached hydrogens (tertiary/aromatic N) is 3. The molecule has 0 radical (unpaired) electrons.